The molecular weight excluding hydrogens is 396 g/mol. The SMILES string of the molecule is CCN(CC)c1ccc2c(c1)Nc1cc(C)c(Cl)cc1C21OC(=O)c2ccccc21. The molecule has 2 aliphatic heterocycles. The topological polar surface area (TPSA) is 41.6 Å². The molecule has 5 rings (SSSR count). The molecule has 0 amide bonds. The van der Waals surface area contributed by atoms with Crippen molar-refractivity contribution in [3.8, 4) is 0 Å². The number of rotatable bonds is 3. The molecule has 4 nitrogen and oxygen atoms in total. The summed E-state index contributed by atoms with van der Waals surface area (Å²) >= 11 is 6.53. The summed E-state index contributed by atoms with van der Waals surface area (Å²) in [5.41, 5.74) is 6.18. The van der Waals surface area contributed by atoms with Gasteiger partial charge in [-0.05, 0) is 56.7 Å². The number of fused-ring (bicyclic) bond motifs is 6. The molecule has 3 aromatic rings. The fourth-order valence-electron chi connectivity index (χ4n) is 4.71. The van der Waals surface area contributed by atoms with E-state index in [9.17, 15) is 4.79 Å². The number of anilines is 3. The highest BCUT2D eigenvalue weighted by Crippen LogP contribution is 2.55. The maximum atomic E-state index is 12.9. The highest BCUT2D eigenvalue weighted by atomic mass is 35.5. The molecule has 0 bridgehead atoms. The van der Waals surface area contributed by atoms with E-state index in [0.29, 0.717) is 10.6 Å². The fourth-order valence-corrected chi connectivity index (χ4v) is 4.88. The van der Waals surface area contributed by atoms with E-state index >= 15 is 0 Å². The van der Waals surface area contributed by atoms with Crippen molar-refractivity contribution in [1.29, 1.82) is 0 Å². The van der Waals surface area contributed by atoms with Crippen LogP contribution in [0.25, 0.3) is 0 Å². The molecule has 3 aromatic carbocycles. The van der Waals surface area contributed by atoms with Crippen molar-refractivity contribution in [3.63, 3.8) is 0 Å². The third-order valence-corrected chi connectivity index (χ3v) is 6.64. The van der Waals surface area contributed by atoms with Crippen molar-refractivity contribution in [2.24, 2.45) is 0 Å². The summed E-state index contributed by atoms with van der Waals surface area (Å²) in [5, 5.41) is 4.22. The number of hydrogen-bond donors (Lipinski definition) is 1. The number of aryl methyl sites for hydroxylation is 1. The van der Waals surface area contributed by atoms with Gasteiger partial charge in [-0.15, -0.1) is 0 Å². The summed E-state index contributed by atoms with van der Waals surface area (Å²) in [7, 11) is 0. The van der Waals surface area contributed by atoms with Gasteiger partial charge in [-0.1, -0.05) is 35.9 Å². The van der Waals surface area contributed by atoms with Crippen molar-refractivity contribution < 1.29 is 9.53 Å². The molecular formula is C25H23ClN2O2. The molecule has 1 N–H and O–H groups in total. The number of nitrogens with one attached hydrogen (secondary N) is 1. The average molecular weight is 419 g/mol. The zero-order valence-corrected chi connectivity index (χ0v) is 18.0. The van der Waals surface area contributed by atoms with Gasteiger partial charge in [0.1, 0.15) is 0 Å². The number of carbonyl (C=O) groups excluding carboxylic acids is 1. The normalized spacial score (nSPS) is 18.3. The van der Waals surface area contributed by atoms with Crippen LogP contribution in [0.3, 0.4) is 0 Å². The van der Waals surface area contributed by atoms with Crippen molar-refractivity contribution in [3.05, 3.63) is 87.4 Å². The van der Waals surface area contributed by atoms with Gasteiger partial charge in [0.25, 0.3) is 0 Å². The van der Waals surface area contributed by atoms with E-state index in [1.54, 1.807) is 0 Å². The van der Waals surface area contributed by atoms with E-state index < -0.39 is 5.60 Å². The Kier molecular flexibility index (Phi) is 4.30. The molecule has 0 aliphatic carbocycles. The molecule has 0 fully saturated rings. The van der Waals surface area contributed by atoms with E-state index in [1.807, 2.05) is 43.3 Å². The Morgan fingerprint density at radius 2 is 1.70 bits per heavy atom. The first-order valence-corrected chi connectivity index (χ1v) is 10.7. The Hall–Kier alpha value is -2.98. The van der Waals surface area contributed by atoms with Crippen LogP contribution in [0.1, 0.15) is 46.5 Å². The van der Waals surface area contributed by atoms with Gasteiger partial charge < -0.3 is 15.0 Å². The minimum Gasteiger partial charge on any atom is -0.440 e. The number of nitrogens with zero attached hydrogens (tertiary/aromatic N) is 1. The first-order valence-electron chi connectivity index (χ1n) is 10.3. The Bertz CT molecular complexity index is 1190. The quantitative estimate of drug-likeness (QED) is 0.528. The van der Waals surface area contributed by atoms with Crippen molar-refractivity contribution in [2.45, 2.75) is 26.4 Å². The van der Waals surface area contributed by atoms with Crippen molar-refractivity contribution in [2.75, 3.05) is 23.3 Å². The third kappa shape index (κ3) is 2.50. The molecule has 0 saturated carbocycles. The summed E-state index contributed by atoms with van der Waals surface area (Å²) < 4.78 is 6.21. The second kappa shape index (κ2) is 6.78. The van der Waals surface area contributed by atoms with Gasteiger partial charge in [0.15, 0.2) is 5.60 Å². The lowest BCUT2D eigenvalue weighted by Gasteiger charge is -2.38. The molecule has 0 saturated heterocycles. The van der Waals surface area contributed by atoms with Crippen LogP contribution < -0.4 is 10.2 Å². The maximum absolute atomic E-state index is 12.9. The monoisotopic (exact) mass is 418 g/mol. The Morgan fingerprint density at radius 3 is 2.47 bits per heavy atom. The number of halogens is 1. The lowest BCUT2D eigenvalue weighted by atomic mass is 9.76. The number of benzene rings is 3. The van der Waals surface area contributed by atoms with E-state index in [-0.39, 0.29) is 5.97 Å². The molecule has 2 heterocycles. The smallest absolute Gasteiger partial charge is 0.340 e. The molecule has 0 radical (unpaired) electrons. The summed E-state index contributed by atoms with van der Waals surface area (Å²) in [6, 6.07) is 17.9. The first kappa shape index (κ1) is 19.0. The van der Waals surface area contributed by atoms with Crippen LogP contribution in [-0.2, 0) is 10.3 Å². The second-order valence-electron chi connectivity index (χ2n) is 7.79. The third-order valence-electron chi connectivity index (χ3n) is 6.23. The van der Waals surface area contributed by atoms with E-state index in [2.05, 4.69) is 42.3 Å². The highest BCUT2D eigenvalue weighted by molar-refractivity contribution is 6.31. The standard InChI is InChI=1S/C25H23ClN2O2/c1-4-28(5-2)16-10-11-19-23(13-16)27-22-12-15(3)21(26)14-20(22)25(19)18-9-7-6-8-17(18)24(29)30-25/h6-14,27H,4-5H2,1-3H3. The molecule has 1 spiro atoms. The van der Waals surface area contributed by atoms with Gasteiger partial charge in [0.05, 0.1) is 5.56 Å². The van der Waals surface area contributed by atoms with Gasteiger partial charge in [-0.25, -0.2) is 4.79 Å². The summed E-state index contributed by atoms with van der Waals surface area (Å²) in [6.45, 7) is 8.11. The van der Waals surface area contributed by atoms with Crippen LogP contribution in [-0.4, -0.2) is 19.1 Å². The van der Waals surface area contributed by atoms with Crippen LogP contribution in [0.15, 0.2) is 54.6 Å². The van der Waals surface area contributed by atoms with E-state index in [0.717, 1.165) is 52.4 Å². The number of ether oxygens (including phenoxy) is 1. The van der Waals surface area contributed by atoms with Crippen LogP contribution >= 0.6 is 11.6 Å². The predicted molar refractivity (Wildman–Crippen MR) is 121 cm³/mol. The van der Waals surface area contributed by atoms with Gasteiger partial charge in [0.2, 0.25) is 0 Å². The molecule has 5 heteroatoms. The number of esters is 1. The van der Waals surface area contributed by atoms with E-state index in [4.69, 9.17) is 16.3 Å². The minimum absolute atomic E-state index is 0.311. The van der Waals surface area contributed by atoms with Crippen LogP contribution in [0, 0.1) is 6.92 Å². The number of carbonyl (C=O) groups is 1. The lowest BCUT2D eigenvalue weighted by molar-refractivity contribution is 0.0252. The molecule has 30 heavy (non-hydrogen) atoms. The molecule has 0 aromatic heterocycles. The van der Waals surface area contributed by atoms with Crippen LogP contribution in [0.5, 0.6) is 0 Å². The zero-order valence-electron chi connectivity index (χ0n) is 17.3. The summed E-state index contributed by atoms with van der Waals surface area (Å²) in [5.74, 6) is -0.311. The predicted octanol–water partition coefficient (Wildman–Crippen LogP) is 6.01. The van der Waals surface area contributed by atoms with Crippen molar-refractivity contribution >= 4 is 34.6 Å². The Balaban J connectivity index is 1.82. The van der Waals surface area contributed by atoms with Gasteiger partial charge in [-0.2, -0.15) is 0 Å². The highest BCUT2D eigenvalue weighted by Gasteiger charge is 2.52. The summed E-state index contributed by atoms with van der Waals surface area (Å²) in [6.07, 6.45) is 0. The second-order valence-corrected chi connectivity index (χ2v) is 8.20. The summed E-state index contributed by atoms with van der Waals surface area (Å²) in [4.78, 5) is 15.2. The largest absolute Gasteiger partial charge is 0.440 e. The molecule has 2 aliphatic rings. The van der Waals surface area contributed by atoms with Crippen LogP contribution in [0.2, 0.25) is 5.02 Å². The lowest BCUT2D eigenvalue weighted by Crippen LogP contribution is -2.34. The fraction of sp³-hybridized carbons (Fsp3) is 0.240. The van der Waals surface area contributed by atoms with Crippen LogP contribution in [0.4, 0.5) is 17.1 Å². The van der Waals surface area contributed by atoms with Gasteiger partial charge >= 0.3 is 5.97 Å². The molecule has 1 unspecified atom stereocenters. The number of hydrogen-bond acceptors (Lipinski definition) is 4. The van der Waals surface area contributed by atoms with Crippen molar-refractivity contribution in [1.82, 2.24) is 0 Å². The first-order chi connectivity index (χ1) is 14.5. The Morgan fingerprint density at radius 1 is 0.967 bits per heavy atom. The zero-order chi connectivity index (χ0) is 21.0. The van der Waals surface area contributed by atoms with Gasteiger partial charge in [0, 0.05) is 51.9 Å². The molecule has 152 valence electrons. The average Bonchev–Trinajstić information content (AvgIpc) is 3.04. The molecule has 1 atom stereocenters. The van der Waals surface area contributed by atoms with Gasteiger partial charge in [-0.3, -0.25) is 0 Å². The minimum atomic E-state index is -1.01. The Labute approximate surface area is 181 Å². The van der Waals surface area contributed by atoms with E-state index in [1.165, 1.54) is 0 Å². The maximum Gasteiger partial charge on any atom is 0.340 e.